The number of carbonyl (C=O) groups is 1. The molecule has 0 N–H and O–H groups in total. The van der Waals surface area contributed by atoms with Crippen molar-refractivity contribution < 1.29 is 4.79 Å². The fourth-order valence-corrected chi connectivity index (χ4v) is 3.57. The van der Waals surface area contributed by atoms with Crippen molar-refractivity contribution in [1.82, 2.24) is 9.88 Å². The molecule has 0 radical (unpaired) electrons. The van der Waals surface area contributed by atoms with Gasteiger partial charge in [-0.05, 0) is 25.0 Å². The zero-order chi connectivity index (χ0) is 14.7. The number of amides is 1. The van der Waals surface area contributed by atoms with Gasteiger partial charge < -0.3 is 4.90 Å². The highest BCUT2D eigenvalue weighted by molar-refractivity contribution is 9.09. The number of para-hydroxylation sites is 1. The van der Waals surface area contributed by atoms with Gasteiger partial charge in [0.2, 0.25) is 0 Å². The van der Waals surface area contributed by atoms with Crippen LogP contribution in [-0.2, 0) is 0 Å². The molecule has 110 valence electrons. The van der Waals surface area contributed by atoms with Crippen molar-refractivity contribution in [3.05, 3.63) is 42.1 Å². The molecule has 0 spiro atoms. The van der Waals surface area contributed by atoms with Crippen molar-refractivity contribution in [3.63, 3.8) is 0 Å². The zero-order valence-electron chi connectivity index (χ0n) is 12.0. The van der Waals surface area contributed by atoms with E-state index in [4.69, 9.17) is 0 Å². The van der Waals surface area contributed by atoms with Gasteiger partial charge in [0.15, 0.2) is 0 Å². The van der Waals surface area contributed by atoms with Gasteiger partial charge >= 0.3 is 0 Å². The maximum atomic E-state index is 13.0. The van der Waals surface area contributed by atoms with Gasteiger partial charge in [0.1, 0.15) is 0 Å². The van der Waals surface area contributed by atoms with E-state index in [1.54, 1.807) is 6.20 Å². The molecular formula is C17H19BrN2O. The maximum Gasteiger partial charge on any atom is 0.256 e. The number of pyridine rings is 1. The van der Waals surface area contributed by atoms with Crippen LogP contribution in [0.5, 0.6) is 0 Å². The lowest BCUT2D eigenvalue weighted by atomic mass is 10.1. The zero-order valence-corrected chi connectivity index (χ0v) is 13.6. The average Bonchev–Trinajstić information content (AvgIpc) is 3.05. The number of benzene rings is 1. The van der Waals surface area contributed by atoms with Gasteiger partial charge in [-0.2, -0.15) is 0 Å². The molecule has 1 fully saturated rings. The lowest BCUT2D eigenvalue weighted by Gasteiger charge is -2.28. The van der Waals surface area contributed by atoms with Crippen molar-refractivity contribution in [1.29, 1.82) is 0 Å². The van der Waals surface area contributed by atoms with Crippen LogP contribution in [0.2, 0.25) is 0 Å². The molecule has 1 aliphatic rings. The first-order valence-electron chi connectivity index (χ1n) is 7.52. The lowest BCUT2D eigenvalue weighted by molar-refractivity contribution is 0.0698. The molecule has 0 unspecified atom stereocenters. The predicted octanol–water partition coefficient (Wildman–Crippen LogP) is 4.01. The number of alkyl halides is 1. The van der Waals surface area contributed by atoms with E-state index in [9.17, 15) is 4.79 Å². The van der Waals surface area contributed by atoms with Gasteiger partial charge in [-0.15, -0.1) is 0 Å². The van der Waals surface area contributed by atoms with E-state index in [1.165, 1.54) is 12.8 Å². The fraction of sp³-hybridized carbons (Fsp3) is 0.412. The molecule has 2 aromatic rings. The predicted molar refractivity (Wildman–Crippen MR) is 88.8 cm³/mol. The van der Waals surface area contributed by atoms with Crippen molar-refractivity contribution in [2.24, 2.45) is 0 Å². The number of fused-ring (bicyclic) bond motifs is 1. The number of nitrogens with zero attached hydrogens (tertiary/aromatic N) is 2. The second kappa shape index (κ2) is 6.56. The Hall–Kier alpha value is -1.42. The molecule has 0 atom stereocenters. The molecule has 3 nitrogen and oxygen atoms in total. The van der Waals surface area contributed by atoms with Crippen molar-refractivity contribution in [2.75, 3.05) is 11.9 Å². The minimum Gasteiger partial charge on any atom is -0.335 e. The van der Waals surface area contributed by atoms with Crippen LogP contribution >= 0.6 is 15.9 Å². The Balaban J connectivity index is 1.97. The first-order chi connectivity index (χ1) is 10.3. The molecule has 1 heterocycles. The summed E-state index contributed by atoms with van der Waals surface area (Å²) in [5.74, 6) is 0.116. The van der Waals surface area contributed by atoms with Crippen LogP contribution in [0.1, 0.15) is 36.0 Å². The molecule has 1 aliphatic carbocycles. The van der Waals surface area contributed by atoms with Gasteiger partial charge in [0.25, 0.3) is 5.91 Å². The lowest BCUT2D eigenvalue weighted by Crippen LogP contribution is -2.40. The summed E-state index contributed by atoms with van der Waals surface area (Å²) < 4.78 is 0. The Morgan fingerprint density at radius 1 is 1.24 bits per heavy atom. The molecule has 0 bridgehead atoms. The van der Waals surface area contributed by atoms with E-state index in [1.807, 2.05) is 35.2 Å². The normalized spacial score (nSPS) is 15.5. The van der Waals surface area contributed by atoms with Gasteiger partial charge in [0, 0.05) is 29.5 Å². The van der Waals surface area contributed by atoms with Gasteiger partial charge in [0.05, 0.1) is 11.1 Å². The Morgan fingerprint density at radius 2 is 2.00 bits per heavy atom. The second-order valence-electron chi connectivity index (χ2n) is 5.51. The molecular weight excluding hydrogens is 328 g/mol. The monoisotopic (exact) mass is 346 g/mol. The smallest absolute Gasteiger partial charge is 0.256 e. The minimum absolute atomic E-state index is 0.116. The van der Waals surface area contributed by atoms with Crippen LogP contribution in [0, 0.1) is 0 Å². The Bertz CT molecular complexity index is 632. The van der Waals surface area contributed by atoms with Crippen LogP contribution in [-0.4, -0.2) is 33.7 Å². The van der Waals surface area contributed by atoms with E-state index < -0.39 is 0 Å². The third kappa shape index (κ3) is 2.95. The summed E-state index contributed by atoms with van der Waals surface area (Å²) in [6.45, 7) is 0.757. The molecule has 0 saturated heterocycles. The van der Waals surface area contributed by atoms with Crippen molar-refractivity contribution in [2.45, 2.75) is 31.7 Å². The van der Waals surface area contributed by atoms with E-state index >= 15 is 0 Å². The first kappa shape index (κ1) is 14.5. The minimum atomic E-state index is 0.116. The molecule has 1 aromatic carbocycles. The highest BCUT2D eigenvalue weighted by Crippen LogP contribution is 2.26. The summed E-state index contributed by atoms with van der Waals surface area (Å²) in [5.41, 5.74) is 1.53. The third-order valence-electron chi connectivity index (χ3n) is 4.21. The van der Waals surface area contributed by atoms with Gasteiger partial charge in [-0.1, -0.05) is 47.0 Å². The van der Waals surface area contributed by atoms with E-state index in [2.05, 4.69) is 20.9 Å². The Morgan fingerprint density at radius 3 is 2.76 bits per heavy atom. The van der Waals surface area contributed by atoms with Crippen LogP contribution < -0.4 is 0 Å². The number of rotatable bonds is 4. The van der Waals surface area contributed by atoms with E-state index in [-0.39, 0.29) is 5.91 Å². The summed E-state index contributed by atoms with van der Waals surface area (Å²) >= 11 is 3.48. The molecule has 4 heteroatoms. The first-order valence-corrected chi connectivity index (χ1v) is 8.64. The second-order valence-corrected chi connectivity index (χ2v) is 6.30. The molecule has 1 saturated carbocycles. The SMILES string of the molecule is O=C(c1cccc2cccnc12)N(CCBr)C1CCCC1. The van der Waals surface area contributed by atoms with Crippen LogP contribution in [0.15, 0.2) is 36.5 Å². The summed E-state index contributed by atoms with van der Waals surface area (Å²) in [6.07, 6.45) is 6.45. The van der Waals surface area contributed by atoms with Crippen LogP contribution in [0.25, 0.3) is 10.9 Å². The van der Waals surface area contributed by atoms with Crippen LogP contribution in [0.3, 0.4) is 0 Å². The molecule has 1 aromatic heterocycles. The fourth-order valence-electron chi connectivity index (χ4n) is 3.19. The summed E-state index contributed by atoms with van der Waals surface area (Å²) in [4.78, 5) is 19.4. The Labute approximate surface area is 133 Å². The molecule has 21 heavy (non-hydrogen) atoms. The van der Waals surface area contributed by atoms with Crippen molar-refractivity contribution >= 4 is 32.7 Å². The van der Waals surface area contributed by atoms with Gasteiger partial charge in [-0.25, -0.2) is 0 Å². The summed E-state index contributed by atoms with van der Waals surface area (Å²) in [7, 11) is 0. The average molecular weight is 347 g/mol. The summed E-state index contributed by atoms with van der Waals surface area (Å²) in [5, 5.41) is 1.83. The van der Waals surface area contributed by atoms with Gasteiger partial charge in [-0.3, -0.25) is 9.78 Å². The molecule has 0 aliphatic heterocycles. The number of aromatic nitrogens is 1. The summed E-state index contributed by atoms with van der Waals surface area (Å²) in [6, 6.07) is 10.1. The largest absolute Gasteiger partial charge is 0.335 e. The van der Waals surface area contributed by atoms with E-state index in [0.717, 1.165) is 41.2 Å². The highest BCUT2D eigenvalue weighted by Gasteiger charge is 2.27. The molecule has 3 rings (SSSR count). The number of hydrogen-bond donors (Lipinski definition) is 0. The van der Waals surface area contributed by atoms with Crippen LogP contribution in [0.4, 0.5) is 0 Å². The number of halogens is 1. The van der Waals surface area contributed by atoms with Crippen molar-refractivity contribution in [3.8, 4) is 0 Å². The quantitative estimate of drug-likeness (QED) is 0.783. The number of hydrogen-bond acceptors (Lipinski definition) is 2. The van der Waals surface area contributed by atoms with E-state index in [0.29, 0.717) is 6.04 Å². The maximum absolute atomic E-state index is 13.0. The topological polar surface area (TPSA) is 33.2 Å². The molecule has 1 amide bonds. The number of carbonyl (C=O) groups excluding carboxylic acids is 1. The highest BCUT2D eigenvalue weighted by atomic mass is 79.9. The Kier molecular flexibility index (Phi) is 4.54. The third-order valence-corrected chi connectivity index (χ3v) is 4.57. The standard InChI is InChI=1S/C17H19BrN2O/c18-10-12-20(14-7-1-2-8-14)17(21)15-9-3-5-13-6-4-11-19-16(13)15/h3-6,9,11,14H,1-2,7-8,10,12H2.